The molecule has 0 radical (unpaired) electrons. The first-order valence-electron chi connectivity index (χ1n) is 8.40. The van der Waals surface area contributed by atoms with Gasteiger partial charge in [0.1, 0.15) is 5.82 Å². The minimum atomic E-state index is -0.257. The van der Waals surface area contributed by atoms with E-state index >= 15 is 0 Å². The molecule has 1 aliphatic rings. The number of hydrogen-bond acceptors (Lipinski definition) is 3. The van der Waals surface area contributed by atoms with E-state index in [1.165, 1.54) is 17.4 Å². The van der Waals surface area contributed by atoms with Gasteiger partial charge in [0.25, 0.3) is 5.91 Å². The lowest BCUT2D eigenvalue weighted by molar-refractivity contribution is -0.126. The molecule has 1 aliphatic heterocycles. The van der Waals surface area contributed by atoms with E-state index in [0.29, 0.717) is 38.0 Å². The van der Waals surface area contributed by atoms with Crippen molar-refractivity contribution in [3.8, 4) is 0 Å². The summed E-state index contributed by atoms with van der Waals surface area (Å²) in [5, 5.41) is 4.77. The van der Waals surface area contributed by atoms with Crippen LogP contribution in [0.2, 0.25) is 0 Å². The molecule has 132 valence electrons. The van der Waals surface area contributed by atoms with E-state index < -0.39 is 0 Å². The number of nitrogens with zero attached hydrogens (tertiary/aromatic N) is 1. The van der Waals surface area contributed by atoms with Gasteiger partial charge in [-0.15, -0.1) is 11.3 Å². The highest BCUT2D eigenvalue weighted by atomic mass is 32.1. The largest absolute Gasteiger partial charge is 0.352 e. The van der Waals surface area contributed by atoms with Gasteiger partial charge in [0.05, 0.1) is 4.88 Å². The van der Waals surface area contributed by atoms with E-state index in [0.717, 1.165) is 10.4 Å². The first-order chi connectivity index (χ1) is 12.0. The topological polar surface area (TPSA) is 49.4 Å². The summed E-state index contributed by atoms with van der Waals surface area (Å²) in [6.07, 6.45) is 1.32. The number of aryl methyl sites for hydroxylation is 1. The quantitative estimate of drug-likeness (QED) is 0.909. The standard InChI is InChI=1S/C19H21FN2O2S/c1-13-4-5-14(11-16(13)20)12-21-18(23)15-6-8-22(9-7-15)19(24)17-3-2-10-25-17/h2-5,10-11,15H,6-9,12H2,1H3,(H,21,23). The van der Waals surface area contributed by atoms with Crippen LogP contribution in [0.25, 0.3) is 0 Å². The Morgan fingerprint density at radius 3 is 2.68 bits per heavy atom. The molecule has 0 spiro atoms. The molecule has 2 amide bonds. The minimum Gasteiger partial charge on any atom is -0.352 e. The lowest BCUT2D eigenvalue weighted by Gasteiger charge is -2.31. The predicted molar refractivity (Wildman–Crippen MR) is 95.9 cm³/mol. The second kappa shape index (κ2) is 7.78. The number of rotatable bonds is 4. The molecule has 0 saturated carbocycles. The SMILES string of the molecule is Cc1ccc(CNC(=O)C2CCN(C(=O)c3cccs3)CC2)cc1F. The van der Waals surface area contributed by atoms with Crippen LogP contribution in [0.1, 0.15) is 33.6 Å². The smallest absolute Gasteiger partial charge is 0.263 e. The summed E-state index contributed by atoms with van der Waals surface area (Å²) >= 11 is 1.44. The Balaban J connectivity index is 1.48. The lowest BCUT2D eigenvalue weighted by atomic mass is 9.95. The summed E-state index contributed by atoms with van der Waals surface area (Å²) < 4.78 is 13.5. The average Bonchev–Trinajstić information content (AvgIpc) is 3.16. The van der Waals surface area contributed by atoms with Crippen LogP contribution in [0.5, 0.6) is 0 Å². The number of carbonyl (C=O) groups excluding carboxylic acids is 2. The first kappa shape index (κ1) is 17.6. The summed E-state index contributed by atoms with van der Waals surface area (Å²) in [6, 6.07) is 8.68. The van der Waals surface area contributed by atoms with Gasteiger partial charge in [-0.25, -0.2) is 4.39 Å². The van der Waals surface area contributed by atoms with Crippen LogP contribution in [0.4, 0.5) is 4.39 Å². The first-order valence-corrected chi connectivity index (χ1v) is 9.28. The van der Waals surface area contributed by atoms with Crippen LogP contribution in [0, 0.1) is 18.7 Å². The van der Waals surface area contributed by atoms with E-state index in [2.05, 4.69) is 5.32 Å². The van der Waals surface area contributed by atoms with Crippen LogP contribution in [-0.2, 0) is 11.3 Å². The second-order valence-electron chi connectivity index (χ2n) is 6.35. The fraction of sp³-hybridized carbons (Fsp3) is 0.368. The van der Waals surface area contributed by atoms with Gasteiger partial charge in [-0.1, -0.05) is 18.2 Å². The fourth-order valence-electron chi connectivity index (χ4n) is 2.98. The maximum Gasteiger partial charge on any atom is 0.263 e. The van der Waals surface area contributed by atoms with Crippen molar-refractivity contribution in [1.82, 2.24) is 10.2 Å². The third kappa shape index (κ3) is 4.25. The summed E-state index contributed by atoms with van der Waals surface area (Å²) in [5.41, 5.74) is 1.35. The number of benzene rings is 1. The van der Waals surface area contributed by atoms with Gasteiger partial charge in [-0.2, -0.15) is 0 Å². The van der Waals surface area contributed by atoms with Gasteiger partial charge < -0.3 is 10.2 Å². The van der Waals surface area contributed by atoms with Crippen LogP contribution < -0.4 is 5.32 Å². The summed E-state index contributed by atoms with van der Waals surface area (Å²) in [6.45, 7) is 3.22. The normalized spacial score (nSPS) is 15.2. The number of likely N-dealkylation sites (tertiary alicyclic amines) is 1. The number of nitrogens with one attached hydrogen (secondary N) is 1. The van der Waals surface area contributed by atoms with Gasteiger partial charge in [-0.05, 0) is 48.4 Å². The Labute approximate surface area is 150 Å². The van der Waals surface area contributed by atoms with Gasteiger partial charge in [0.2, 0.25) is 5.91 Å². The Morgan fingerprint density at radius 1 is 1.28 bits per heavy atom. The van der Waals surface area contributed by atoms with Crippen LogP contribution in [0.3, 0.4) is 0 Å². The third-order valence-electron chi connectivity index (χ3n) is 4.59. The zero-order valence-electron chi connectivity index (χ0n) is 14.1. The van der Waals surface area contributed by atoms with Crippen molar-refractivity contribution >= 4 is 23.2 Å². The highest BCUT2D eigenvalue weighted by Crippen LogP contribution is 2.21. The lowest BCUT2D eigenvalue weighted by Crippen LogP contribution is -2.42. The van der Waals surface area contributed by atoms with Crippen LogP contribution >= 0.6 is 11.3 Å². The highest BCUT2D eigenvalue weighted by Gasteiger charge is 2.27. The summed E-state index contributed by atoms with van der Waals surface area (Å²) in [7, 11) is 0. The Kier molecular flexibility index (Phi) is 5.48. The molecule has 1 saturated heterocycles. The number of hydrogen-bond donors (Lipinski definition) is 1. The summed E-state index contributed by atoms with van der Waals surface area (Å²) in [5.74, 6) is -0.331. The molecule has 1 aromatic heterocycles. The molecule has 3 rings (SSSR count). The monoisotopic (exact) mass is 360 g/mol. The molecule has 0 unspecified atom stereocenters. The third-order valence-corrected chi connectivity index (χ3v) is 5.45. The molecule has 0 aliphatic carbocycles. The van der Waals surface area contributed by atoms with Crippen molar-refractivity contribution in [2.75, 3.05) is 13.1 Å². The maximum atomic E-state index is 13.5. The van der Waals surface area contributed by atoms with E-state index in [4.69, 9.17) is 0 Å². The molecular weight excluding hydrogens is 339 g/mol. The minimum absolute atomic E-state index is 0.0239. The average molecular weight is 360 g/mol. The van der Waals surface area contributed by atoms with Crippen molar-refractivity contribution in [1.29, 1.82) is 0 Å². The zero-order valence-corrected chi connectivity index (χ0v) is 14.9. The molecule has 2 aromatic rings. The van der Waals surface area contributed by atoms with Crippen LogP contribution in [0.15, 0.2) is 35.7 Å². The molecule has 1 fully saturated rings. The maximum absolute atomic E-state index is 13.5. The van der Waals surface area contributed by atoms with Gasteiger partial charge in [0, 0.05) is 25.6 Å². The van der Waals surface area contributed by atoms with Gasteiger partial charge in [-0.3, -0.25) is 9.59 Å². The Bertz CT molecular complexity index is 753. The van der Waals surface area contributed by atoms with E-state index in [1.807, 2.05) is 28.5 Å². The van der Waals surface area contributed by atoms with E-state index in [-0.39, 0.29) is 23.5 Å². The van der Waals surface area contributed by atoms with Crippen molar-refractivity contribution in [2.24, 2.45) is 5.92 Å². The molecular formula is C19H21FN2O2S. The Morgan fingerprint density at radius 2 is 2.04 bits per heavy atom. The van der Waals surface area contributed by atoms with E-state index in [1.54, 1.807) is 13.0 Å². The number of amides is 2. The number of carbonyl (C=O) groups is 2. The van der Waals surface area contributed by atoms with Crippen molar-refractivity contribution in [3.63, 3.8) is 0 Å². The molecule has 4 nitrogen and oxygen atoms in total. The number of thiophene rings is 1. The Hall–Kier alpha value is -2.21. The van der Waals surface area contributed by atoms with Gasteiger partial charge in [0.15, 0.2) is 0 Å². The van der Waals surface area contributed by atoms with Crippen molar-refractivity contribution < 1.29 is 14.0 Å². The molecule has 2 heterocycles. The highest BCUT2D eigenvalue weighted by molar-refractivity contribution is 7.12. The predicted octanol–water partition coefficient (Wildman–Crippen LogP) is 3.36. The second-order valence-corrected chi connectivity index (χ2v) is 7.29. The van der Waals surface area contributed by atoms with Crippen molar-refractivity contribution in [3.05, 3.63) is 57.5 Å². The van der Waals surface area contributed by atoms with Gasteiger partial charge >= 0.3 is 0 Å². The molecule has 0 bridgehead atoms. The van der Waals surface area contributed by atoms with E-state index in [9.17, 15) is 14.0 Å². The number of halogens is 1. The van der Waals surface area contributed by atoms with Crippen molar-refractivity contribution in [2.45, 2.75) is 26.3 Å². The molecule has 1 N–H and O–H groups in total. The number of piperidine rings is 1. The summed E-state index contributed by atoms with van der Waals surface area (Å²) in [4.78, 5) is 27.2. The molecule has 6 heteroatoms. The molecule has 25 heavy (non-hydrogen) atoms. The van der Waals surface area contributed by atoms with Crippen LogP contribution in [-0.4, -0.2) is 29.8 Å². The fourth-order valence-corrected chi connectivity index (χ4v) is 3.67. The molecule has 0 atom stereocenters. The zero-order chi connectivity index (χ0) is 17.8. The molecule has 1 aromatic carbocycles.